The van der Waals surface area contributed by atoms with Crippen LogP contribution in [0.15, 0.2) is 35.1 Å². The molecule has 0 aliphatic heterocycles. The summed E-state index contributed by atoms with van der Waals surface area (Å²) in [7, 11) is 0. The highest BCUT2D eigenvalue weighted by Gasteiger charge is 2.17. The van der Waals surface area contributed by atoms with Gasteiger partial charge in [-0.25, -0.2) is 9.78 Å². The standard InChI is InChI=1S/C12H11N3O3/c1-7-13-10(9(12(17)18)11(16)14-7)15-8-5-3-2-4-6-8/h2-6H,1H3,(H,17,18)(H2,13,14,15,16). The lowest BCUT2D eigenvalue weighted by molar-refractivity contribution is 0.0695. The second-order valence-corrected chi connectivity index (χ2v) is 3.67. The van der Waals surface area contributed by atoms with E-state index in [9.17, 15) is 9.59 Å². The zero-order chi connectivity index (χ0) is 13.1. The van der Waals surface area contributed by atoms with Crippen LogP contribution in [0.4, 0.5) is 11.5 Å². The Kier molecular flexibility index (Phi) is 3.09. The van der Waals surface area contributed by atoms with Crippen molar-refractivity contribution in [3.05, 3.63) is 52.1 Å². The van der Waals surface area contributed by atoms with Crippen molar-refractivity contribution in [2.45, 2.75) is 6.92 Å². The summed E-state index contributed by atoms with van der Waals surface area (Å²) in [5, 5.41) is 11.8. The molecule has 0 amide bonds. The van der Waals surface area contributed by atoms with E-state index in [1.54, 1.807) is 31.2 Å². The number of aryl methyl sites for hydroxylation is 1. The third-order valence-electron chi connectivity index (χ3n) is 2.29. The number of H-pyrrole nitrogens is 1. The van der Waals surface area contributed by atoms with E-state index in [1.807, 2.05) is 6.07 Å². The number of nitrogens with zero attached hydrogens (tertiary/aromatic N) is 1. The Balaban J connectivity index is 2.50. The highest BCUT2D eigenvalue weighted by molar-refractivity contribution is 5.93. The van der Waals surface area contributed by atoms with Crippen LogP contribution in [-0.2, 0) is 0 Å². The first-order valence-corrected chi connectivity index (χ1v) is 5.24. The third-order valence-corrected chi connectivity index (χ3v) is 2.29. The molecule has 1 aromatic heterocycles. The Morgan fingerprint density at radius 2 is 2.00 bits per heavy atom. The molecular weight excluding hydrogens is 234 g/mol. The van der Waals surface area contributed by atoms with Gasteiger partial charge in [0.05, 0.1) is 0 Å². The number of aromatic amines is 1. The number of carboxylic acids is 1. The Bertz CT molecular complexity index is 635. The predicted molar refractivity (Wildman–Crippen MR) is 66.3 cm³/mol. The molecule has 0 aliphatic rings. The van der Waals surface area contributed by atoms with Gasteiger partial charge in [-0.1, -0.05) is 18.2 Å². The van der Waals surface area contributed by atoms with Gasteiger partial charge in [0.2, 0.25) is 0 Å². The van der Waals surface area contributed by atoms with Gasteiger partial charge in [-0.2, -0.15) is 0 Å². The maximum Gasteiger partial charge on any atom is 0.345 e. The summed E-state index contributed by atoms with van der Waals surface area (Å²) in [4.78, 5) is 29.0. The Morgan fingerprint density at radius 3 is 2.61 bits per heavy atom. The fourth-order valence-electron chi connectivity index (χ4n) is 1.53. The number of benzene rings is 1. The lowest BCUT2D eigenvalue weighted by atomic mass is 10.2. The topological polar surface area (TPSA) is 95.1 Å². The summed E-state index contributed by atoms with van der Waals surface area (Å²) in [6.07, 6.45) is 0. The van der Waals surface area contributed by atoms with Gasteiger partial charge < -0.3 is 15.4 Å². The number of carbonyl (C=O) groups is 1. The smallest absolute Gasteiger partial charge is 0.345 e. The Morgan fingerprint density at radius 1 is 1.33 bits per heavy atom. The summed E-state index contributed by atoms with van der Waals surface area (Å²) < 4.78 is 0. The highest BCUT2D eigenvalue weighted by atomic mass is 16.4. The van der Waals surface area contributed by atoms with Gasteiger partial charge >= 0.3 is 5.97 Å². The molecule has 0 saturated heterocycles. The number of hydrogen-bond donors (Lipinski definition) is 3. The predicted octanol–water partition coefficient (Wildman–Crippen LogP) is 1.52. The van der Waals surface area contributed by atoms with Crippen LogP contribution >= 0.6 is 0 Å². The van der Waals surface area contributed by atoms with Crippen molar-refractivity contribution in [3.63, 3.8) is 0 Å². The minimum atomic E-state index is -1.32. The second-order valence-electron chi connectivity index (χ2n) is 3.67. The number of nitrogens with one attached hydrogen (secondary N) is 2. The van der Waals surface area contributed by atoms with E-state index in [1.165, 1.54) is 0 Å². The first kappa shape index (κ1) is 11.8. The van der Waals surface area contributed by atoms with Crippen molar-refractivity contribution < 1.29 is 9.90 Å². The van der Waals surface area contributed by atoms with Crippen molar-refractivity contribution in [2.75, 3.05) is 5.32 Å². The monoisotopic (exact) mass is 245 g/mol. The summed E-state index contributed by atoms with van der Waals surface area (Å²) in [6, 6.07) is 8.93. The Hall–Kier alpha value is -2.63. The van der Waals surface area contributed by atoms with E-state index in [-0.39, 0.29) is 5.82 Å². The second kappa shape index (κ2) is 4.70. The van der Waals surface area contributed by atoms with Gasteiger partial charge in [0, 0.05) is 5.69 Å². The van der Waals surface area contributed by atoms with Crippen molar-refractivity contribution in [1.82, 2.24) is 9.97 Å². The highest BCUT2D eigenvalue weighted by Crippen LogP contribution is 2.15. The fraction of sp³-hybridized carbons (Fsp3) is 0.0833. The fourth-order valence-corrected chi connectivity index (χ4v) is 1.53. The number of hydrogen-bond acceptors (Lipinski definition) is 4. The third kappa shape index (κ3) is 2.37. The van der Waals surface area contributed by atoms with E-state index >= 15 is 0 Å². The van der Waals surface area contributed by atoms with Crippen LogP contribution < -0.4 is 10.9 Å². The molecule has 0 aliphatic carbocycles. The minimum Gasteiger partial charge on any atom is -0.477 e. The number of rotatable bonds is 3. The number of para-hydroxylation sites is 1. The van der Waals surface area contributed by atoms with Gasteiger partial charge in [0.1, 0.15) is 5.82 Å². The zero-order valence-electron chi connectivity index (χ0n) is 9.60. The van der Waals surface area contributed by atoms with Crippen LogP contribution in [0.25, 0.3) is 0 Å². The molecule has 1 heterocycles. The molecule has 0 atom stereocenters. The normalized spacial score (nSPS) is 10.1. The lowest BCUT2D eigenvalue weighted by Gasteiger charge is -2.08. The van der Waals surface area contributed by atoms with Crippen molar-refractivity contribution in [2.24, 2.45) is 0 Å². The molecule has 0 bridgehead atoms. The summed E-state index contributed by atoms with van der Waals surface area (Å²) in [5.41, 5.74) is -0.407. The average molecular weight is 245 g/mol. The van der Waals surface area contributed by atoms with Crippen molar-refractivity contribution in [1.29, 1.82) is 0 Å². The van der Waals surface area contributed by atoms with Crippen LogP contribution in [-0.4, -0.2) is 21.0 Å². The van der Waals surface area contributed by atoms with E-state index in [4.69, 9.17) is 5.11 Å². The van der Waals surface area contributed by atoms with Gasteiger partial charge in [-0.3, -0.25) is 4.79 Å². The van der Waals surface area contributed by atoms with E-state index in [2.05, 4.69) is 15.3 Å². The largest absolute Gasteiger partial charge is 0.477 e. The molecule has 18 heavy (non-hydrogen) atoms. The maximum atomic E-state index is 11.6. The molecule has 92 valence electrons. The molecule has 0 saturated carbocycles. The van der Waals surface area contributed by atoms with Crippen LogP contribution in [0, 0.1) is 6.92 Å². The van der Waals surface area contributed by atoms with E-state index in [0.29, 0.717) is 11.5 Å². The van der Waals surface area contributed by atoms with Gasteiger partial charge in [0.15, 0.2) is 11.4 Å². The van der Waals surface area contributed by atoms with Crippen molar-refractivity contribution in [3.8, 4) is 0 Å². The van der Waals surface area contributed by atoms with Crippen LogP contribution in [0.1, 0.15) is 16.2 Å². The van der Waals surface area contributed by atoms with E-state index < -0.39 is 17.1 Å². The van der Waals surface area contributed by atoms with Gasteiger partial charge in [-0.15, -0.1) is 0 Å². The SMILES string of the molecule is Cc1nc(Nc2ccccc2)c(C(=O)O)c(=O)[nH]1. The number of aromatic carboxylic acids is 1. The molecule has 0 spiro atoms. The molecule has 1 aromatic carbocycles. The molecule has 6 heteroatoms. The molecule has 2 rings (SSSR count). The summed E-state index contributed by atoms with van der Waals surface area (Å²) in [6.45, 7) is 1.59. The molecular formula is C12H11N3O3. The number of aromatic nitrogens is 2. The molecule has 2 aromatic rings. The summed E-state index contributed by atoms with van der Waals surface area (Å²) in [5.74, 6) is -0.930. The van der Waals surface area contributed by atoms with Crippen LogP contribution in [0.5, 0.6) is 0 Å². The molecule has 0 radical (unpaired) electrons. The summed E-state index contributed by atoms with van der Waals surface area (Å²) >= 11 is 0. The van der Waals surface area contributed by atoms with Gasteiger partial charge in [0.25, 0.3) is 5.56 Å². The molecule has 3 N–H and O–H groups in total. The molecule has 0 unspecified atom stereocenters. The quantitative estimate of drug-likeness (QED) is 0.762. The lowest BCUT2D eigenvalue weighted by Crippen LogP contribution is -2.22. The zero-order valence-corrected chi connectivity index (χ0v) is 9.60. The average Bonchev–Trinajstić information content (AvgIpc) is 2.28. The Labute approximate surface area is 102 Å². The minimum absolute atomic E-state index is 0.0370. The van der Waals surface area contributed by atoms with Gasteiger partial charge in [-0.05, 0) is 19.1 Å². The van der Waals surface area contributed by atoms with E-state index in [0.717, 1.165) is 0 Å². The van der Waals surface area contributed by atoms with Crippen LogP contribution in [0.2, 0.25) is 0 Å². The number of carboxylic acid groups (broad SMARTS) is 1. The molecule has 6 nitrogen and oxygen atoms in total. The van der Waals surface area contributed by atoms with Crippen LogP contribution in [0.3, 0.4) is 0 Å². The van der Waals surface area contributed by atoms with Crippen molar-refractivity contribution >= 4 is 17.5 Å². The molecule has 0 fully saturated rings. The first-order chi connectivity index (χ1) is 8.58. The maximum absolute atomic E-state index is 11.6. The number of anilines is 2. The first-order valence-electron chi connectivity index (χ1n) is 5.24.